The van der Waals surface area contributed by atoms with Gasteiger partial charge >= 0.3 is 0 Å². The summed E-state index contributed by atoms with van der Waals surface area (Å²) in [6, 6.07) is 0.931. The van der Waals surface area contributed by atoms with E-state index in [1.807, 2.05) is 0 Å². The van der Waals surface area contributed by atoms with Crippen LogP contribution in [-0.4, -0.2) is 36.1 Å². The first-order valence-corrected chi connectivity index (χ1v) is 9.34. The van der Waals surface area contributed by atoms with Crippen LogP contribution in [-0.2, 0) is 0 Å². The van der Waals surface area contributed by atoms with Crippen molar-refractivity contribution in [2.45, 2.75) is 84.2 Å². The predicted octanol–water partition coefficient (Wildman–Crippen LogP) is 4.06. The number of rotatable bonds is 4. The van der Waals surface area contributed by atoms with Gasteiger partial charge in [0.1, 0.15) is 0 Å². The zero-order valence-electron chi connectivity index (χ0n) is 14.8. The Balaban J connectivity index is 1.64. The molecule has 0 radical (unpaired) electrons. The molecule has 2 unspecified atom stereocenters. The minimum Gasteiger partial charge on any atom is -0.311 e. The first kappa shape index (κ1) is 15.8. The van der Waals surface area contributed by atoms with Crippen LogP contribution >= 0.6 is 0 Å². The van der Waals surface area contributed by atoms with Gasteiger partial charge in [0.15, 0.2) is 0 Å². The maximum atomic E-state index is 3.84. The third kappa shape index (κ3) is 3.82. The zero-order chi connectivity index (χ0) is 15.1. The van der Waals surface area contributed by atoms with Crippen molar-refractivity contribution in [1.82, 2.24) is 10.2 Å². The molecule has 3 rings (SSSR count). The number of hydrogen-bond donors (Lipinski definition) is 1. The normalized spacial score (nSPS) is 40.9. The number of nitrogens with one attached hydrogen (secondary N) is 1. The second-order valence-corrected chi connectivity index (χ2v) is 9.55. The molecule has 122 valence electrons. The molecule has 2 nitrogen and oxygen atoms in total. The van der Waals surface area contributed by atoms with E-state index in [1.165, 1.54) is 64.6 Å². The van der Waals surface area contributed by atoms with Gasteiger partial charge in [0, 0.05) is 31.2 Å². The smallest absolute Gasteiger partial charge is 0.00988 e. The molecule has 2 saturated carbocycles. The average molecular weight is 293 g/mol. The molecule has 2 bridgehead atoms. The molecule has 21 heavy (non-hydrogen) atoms. The quantitative estimate of drug-likeness (QED) is 0.841. The average Bonchev–Trinajstić information content (AvgIpc) is 3.01. The highest BCUT2D eigenvalue weighted by Crippen LogP contribution is 2.44. The van der Waals surface area contributed by atoms with E-state index >= 15 is 0 Å². The summed E-state index contributed by atoms with van der Waals surface area (Å²) < 4.78 is 0. The molecule has 0 aromatic heterocycles. The Kier molecular flexibility index (Phi) is 4.40. The highest BCUT2D eigenvalue weighted by Gasteiger charge is 2.43. The molecule has 0 spiro atoms. The van der Waals surface area contributed by atoms with E-state index in [1.54, 1.807) is 0 Å². The van der Waals surface area contributed by atoms with Gasteiger partial charge in [-0.25, -0.2) is 0 Å². The molecular weight excluding hydrogens is 256 g/mol. The summed E-state index contributed by atoms with van der Waals surface area (Å²) in [6.45, 7) is 13.4. The Morgan fingerprint density at radius 2 is 1.81 bits per heavy atom. The summed E-state index contributed by atoms with van der Waals surface area (Å²) in [7, 11) is 0. The van der Waals surface area contributed by atoms with Crippen LogP contribution in [0.3, 0.4) is 0 Å². The number of hydrogen-bond acceptors (Lipinski definition) is 2. The van der Waals surface area contributed by atoms with E-state index in [4.69, 9.17) is 0 Å². The van der Waals surface area contributed by atoms with Crippen LogP contribution in [0, 0.1) is 17.3 Å². The summed E-state index contributed by atoms with van der Waals surface area (Å²) in [6.07, 6.45) is 10.2. The molecule has 0 aromatic rings. The Hall–Kier alpha value is -0.0800. The lowest BCUT2D eigenvalue weighted by Crippen LogP contribution is -2.51. The van der Waals surface area contributed by atoms with E-state index in [2.05, 4.69) is 37.9 Å². The van der Waals surface area contributed by atoms with Crippen LogP contribution in [0.25, 0.3) is 0 Å². The molecular formula is C19H36N2. The third-order valence-corrected chi connectivity index (χ3v) is 6.39. The van der Waals surface area contributed by atoms with E-state index in [9.17, 15) is 0 Å². The number of likely N-dealkylation sites (tertiary alicyclic amines) is 1. The predicted molar refractivity (Wildman–Crippen MR) is 90.5 cm³/mol. The second kappa shape index (κ2) is 5.85. The van der Waals surface area contributed by atoms with Crippen LogP contribution in [0.4, 0.5) is 0 Å². The van der Waals surface area contributed by atoms with E-state index in [-0.39, 0.29) is 5.54 Å². The largest absolute Gasteiger partial charge is 0.311 e. The summed E-state index contributed by atoms with van der Waals surface area (Å²) >= 11 is 0. The van der Waals surface area contributed by atoms with Crippen molar-refractivity contribution in [3.8, 4) is 0 Å². The van der Waals surface area contributed by atoms with Crippen LogP contribution in [0.1, 0.15) is 72.6 Å². The molecule has 1 saturated heterocycles. The molecule has 1 aliphatic heterocycles. The van der Waals surface area contributed by atoms with Gasteiger partial charge in [0.2, 0.25) is 0 Å². The Morgan fingerprint density at radius 1 is 1.10 bits per heavy atom. The van der Waals surface area contributed by atoms with Gasteiger partial charge in [0.05, 0.1) is 0 Å². The van der Waals surface area contributed by atoms with Gasteiger partial charge in [-0.2, -0.15) is 0 Å². The first-order chi connectivity index (χ1) is 9.85. The topological polar surface area (TPSA) is 15.3 Å². The van der Waals surface area contributed by atoms with E-state index in [0.29, 0.717) is 5.41 Å². The van der Waals surface area contributed by atoms with Gasteiger partial charge < -0.3 is 5.32 Å². The standard InChI is InChI=1S/C19H36N2/c1-15-7-9-19(10-8-15,13-20-18(2,3)4)14-21-12-16-5-6-17(21)11-16/h15-17,20H,5-14H2,1-4H3. The molecule has 2 heteroatoms. The van der Waals surface area contributed by atoms with E-state index < -0.39 is 0 Å². The Labute approximate surface area is 132 Å². The van der Waals surface area contributed by atoms with Crippen LogP contribution in [0.5, 0.6) is 0 Å². The molecule has 1 heterocycles. The Bertz CT molecular complexity index is 349. The number of piperidine rings is 1. The maximum absolute atomic E-state index is 3.84. The first-order valence-electron chi connectivity index (χ1n) is 9.34. The fraction of sp³-hybridized carbons (Fsp3) is 1.00. The summed E-state index contributed by atoms with van der Waals surface area (Å²) in [4.78, 5) is 2.87. The van der Waals surface area contributed by atoms with Gasteiger partial charge in [-0.05, 0) is 70.1 Å². The minimum absolute atomic E-state index is 0.250. The van der Waals surface area contributed by atoms with Crippen molar-refractivity contribution in [2.24, 2.45) is 17.3 Å². The molecule has 1 N–H and O–H groups in total. The van der Waals surface area contributed by atoms with Crippen molar-refractivity contribution in [2.75, 3.05) is 19.6 Å². The summed E-state index contributed by atoms with van der Waals surface area (Å²) in [5, 5.41) is 3.84. The Morgan fingerprint density at radius 3 is 2.33 bits per heavy atom. The van der Waals surface area contributed by atoms with Gasteiger partial charge in [-0.1, -0.05) is 19.8 Å². The van der Waals surface area contributed by atoms with Crippen molar-refractivity contribution in [3.63, 3.8) is 0 Å². The van der Waals surface area contributed by atoms with Gasteiger partial charge in [-0.3, -0.25) is 4.90 Å². The number of nitrogens with zero attached hydrogens (tertiary/aromatic N) is 1. The monoisotopic (exact) mass is 292 g/mol. The third-order valence-electron chi connectivity index (χ3n) is 6.39. The van der Waals surface area contributed by atoms with Gasteiger partial charge in [-0.15, -0.1) is 0 Å². The lowest BCUT2D eigenvalue weighted by atomic mass is 9.70. The molecule has 3 aliphatic rings. The zero-order valence-corrected chi connectivity index (χ0v) is 14.8. The second-order valence-electron chi connectivity index (χ2n) is 9.55. The van der Waals surface area contributed by atoms with Crippen molar-refractivity contribution in [3.05, 3.63) is 0 Å². The van der Waals surface area contributed by atoms with Crippen LogP contribution < -0.4 is 5.32 Å². The fourth-order valence-corrected chi connectivity index (χ4v) is 4.87. The summed E-state index contributed by atoms with van der Waals surface area (Å²) in [5.74, 6) is 1.98. The number of fused-ring (bicyclic) bond motifs is 2. The van der Waals surface area contributed by atoms with Crippen LogP contribution in [0.15, 0.2) is 0 Å². The molecule has 3 fully saturated rings. The molecule has 0 amide bonds. The molecule has 2 aliphatic carbocycles. The highest BCUT2D eigenvalue weighted by atomic mass is 15.2. The molecule has 2 atom stereocenters. The SMILES string of the molecule is CC1CCC(CNC(C)(C)C)(CN2CC3CCC2C3)CC1. The highest BCUT2D eigenvalue weighted by molar-refractivity contribution is 4.98. The summed E-state index contributed by atoms with van der Waals surface area (Å²) in [5.41, 5.74) is 0.796. The van der Waals surface area contributed by atoms with Gasteiger partial charge in [0.25, 0.3) is 0 Å². The van der Waals surface area contributed by atoms with Crippen molar-refractivity contribution < 1.29 is 0 Å². The van der Waals surface area contributed by atoms with Crippen LogP contribution in [0.2, 0.25) is 0 Å². The molecule has 0 aromatic carbocycles. The van der Waals surface area contributed by atoms with Crippen molar-refractivity contribution in [1.29, 1.82) is 0 Å². The fourth-order valence-electron chi connectivity index (χ4n) is 4.87. The van der Waals surface area contributed by atoms with E-state index in [0.717, 1.165) is 17.9 Å². The maximum Gasteiger partial charge on any atom is 0.00988 e. The lowest BCUT2D eigenvalue weighted by Gasteiger charge is -2.45. The van der Waals surface area contributed by atoms with Crippen molar-refractivity contribution >= 4 is 0 Å². The lowest BCUT2D eigenvalue weighted by molar-refractivity contribution is 0.0646. The minimum atomic E-state index is 0.250.